The van der Waals surface area contributed by atoms with E-state index in [9.17, 15) is 33.2 Å². The molecule has 7 amide bonds. The van der Waals surface area contributed by atoms with E-state index in [4.69, 9.17) is 29.3 Å². The van der Waals surface area contributed by atoms with Gasteiger partial charge in [-0.2, -0.15) is 4.98 Å². The van der Waals surface area contributed by atoms with Gasteiger partial charge in [-0.3, -0.25) is 28.9 Å². The summed E-state index contributed by atoms with van der Waals surface area (Å²) in [5.74, 6) is -2.68. The highest BCUT2D eigenvalue weighted by Gasteiger charge is 2.32. The largest absolute Gasteiger partial charge is 0.423 e. The highest BCUT2D eigenvalue weighted by atomic mass is 19.1. The predicted molar refractivity (Wildman–Crippen MR) is 277 cm³/mol. The number of amides is 7. The number of fused-ring (bicyclic) bond motifs is 4. The van der Waals surface area contributed by atoms with Gasteiger partial charge in [0.2, 0.25) is 17.7 Å². The highest BCUT2D eigenvalue weighted by molar-refractivity contribution is 6.12. The van der Waals surface area contributed by atoms with Crippen molar-refractivity contribution in [3.05, 3.63) is 65.6 Å². The third kappa shape index (κ3) is 14.6. The van der Waals surface area contributed by atoms with Crippen molar-refractivity contribution in [3.63, 3.8) is 0 Å². The van der Waals surface area contributed by atoms with Crippen LogP contribution in [0, 0.1) is 11.7 Å². The Balaban J connectivity index is 0.898. The van der Waals surface area contributed by atoms with Crippen LogP contribution in [0.15, 0.2) is 53.0 Å². The quantitative estimate of drug-likeness (QED) is 0.0428. The minimum absolute atomic E-state index is 0.0841. The number of hydrogen-bond donors (Lipinski definition) is 5. The third-order valence-corrected chi connectivity index (χ3v) is 13.6. The minimum Gasteiger partial charge on any atom is -0.423 e. The summed E-state index contributed by atoms with van der Waals surface area (Å²) in [7, 11) is 0. The van der Waals surface area contributed by atoms with Crippen LogP contribution in [0.1, 0.15) is 91.3 Å². The monoisotopic (exact) mass is 1030 g/mol. The van der Waals surface area contributed by atoms with Crippen molar-refractivity contribution in [2.24, 2.45) is 11.7 Å². The first-order chi connectivity index (χ1) is 35.3. The highest BCUT2D eigenvalue weighted by Crippen LogP contribution is 2.35. The molecule has 3 aliphatic heterocycles. The first kappa shape index (κ1) is 55.2. The normalized spacial score (nSPS) is 16.0. The number of nitrogens with two attached hydrogens (primary N) is 1. The van der Waals surface area contributed by atoms with Gasteiger partial charge in [0.25, 0.3) is 17.8 Å². The third-order valence-electron chi connectivity index (χ3n) is 13.6. The standard InChI is InChI=1S/C53H73FN10O10/c1-34(2)47(60-44(65)12-8-7-9-21-64-45(66)17-18-46(64)67)49(69)58-39(11-10-20-56-50(55)70)48(68)57-32-52(3,4)73-33-53(5,6)72-28-25-63-41-19-22-62(31-38(41)37-15-13-35(54)29-42(37)63)36-14-16-43-40(30-36)59-51(74-43)61-23-26-71-27-24-61/h13-18,29-30,34,39,47H,7-12,19-28,31-33H2,1-6H3,(H,57,68)(H,58,69)(H,60,65)(H3,55,56,70)/t39-,47-/m0/s1. The molecule has 4 aromatic rings. The van der Waals surface area contributed by atoms with Crippen LogP contribution in [0.25, 0.3) is 22.0 Å². The summed E-state index contributed by atoms with van der Waals surface area (Å²) in [6.07, 6.45) is 5.45. The molecular formula is C53H73FN10O10. The molecule has 5 heterocycles. The number of rotatable bonds is 26. The van der Waals surface area contributed by atoms with Crippen LogP contribution >= 0.6 is 0 Å². The van der Waals surface area contributed by atoms with Gasteiger partial charge in [0.05, 0.1) is 43.1 Å². The number of ether oxygens (including phenoxy) is 3. The number of urea groups is 1. The van der Waals surface area contributed by atoms with E-state index in [0.717, 1.165) is 69.9 Å². The number of benzene rings is 2. The van der Waals surface area contributed by atoms with Crippen LogP contribution in [-0.2, 0) is 57.7 Å². The van der Waals surface area contributed by atoms with Crippen molar-refractivity contribution in [2.45, 2.75) is 123 Å². The number of morpholine rings is 1. The lowest BCUT2D eigenvalue weighted by Crippen LogP contribution is -2.56. The lowest BCUT2D eigenvalue weighted by molar-refractivity contribution is -0.137. The van der Waals surface area contributed by atoms with E-state index in [1.54, 1.807) is 19.9 Å². The summed E-state index contributed by atoms with van der Waals surface area (Å²) < 4.78 is 41.4. The van der Waals surface area contributed by atoms with Crippen molar-refractivity contribution >= 4 is 69.3 Å². The maximum Gasteiger partial charge on any atom is 0.312 e. The molecule has 6 N–H and O–H groups in total. The summed E-state index contributed by atoms with van der Waals surface area (Å²) in [6.45, 7) is 16.8. The molecule has 402 valence electrons. The second kappa shape index (κ2) is 24.6. The van der Waals surface area contributed by atoms with Gasteiger partial charge < -0.3 is 60.0 Å². The maximum atomic E-state index is 14.9. The van der Waals surface area contributed by atoms with E-state index < -0.39 is 41.1 Å². The number of unbranched alkanes of at least 4 members (excludes halogenated alkanes) is 2. The number of nitrogens with zero attached hydrogens (tertiary/aromatic N) is 5. The van der Waals surface area contributed by atoms with Gasteiger partial charge in [-0.1, -0.05) is 20.3 Å². The van der Waals surface area contributed by atoms with Gasteiger partial charge in [-0.05, 0) is 95.7 Å². The molecule has 1 fully saturated rings. The summed E-state index contributed by atoms with van der Waals surface area (Å²) in [4.78, 5) is 85.8. The Bertz CT molecular complexity index is 2670. The number of nitrogens with one attached hydrogen (secondary N) is 4. The molecule has 2 aromatic heterocycles. The number of primary amides is 1. The number of anilines is 2. The fourth-order valence-corrected chi connectivity index (χ4v) is 9.40. The van der Waals surface area contributed by atoms with E-state index in [-0.39, 0.29) is 68.5 Å². The van der Waals surface area contributed by atoms with Crippen LogP contribution in [-0.4, -0.2) is 139 Å². The molecule has 1 saturated heterocycles. The first-order valence-electron chi connectivity index (χ1n) is 25.8. The molecule has 0 radical (unpaired) electrons. The van der Waals surface area contributed by atoms with Crippen molar-refractivity contribution in [1.82, 2.24) is 35.7 Å². The molecule has 0 aliphatic carbocycles. The average Bonchev–Trinajstić information content (AvgIpc) is 4.04. The van der Waals surface area contributed by atoms with Crippen molar-refractivity contribution in [1.29, 1.82) is 0 Å². The Labute approximate surface area is 431 Å². The second-order valence-electron chi connectivity index (χ2n) is 20.8. The summed E-state index contributed by atoms with van der Waals surface area (Å²) >= 11 is 0. The van der Waals surface area contributed by atoms with Crippen molar-refractivity contribution < 1.29 is 51.8 Å². The molecule has 3 aliphatic rings. The van der Waals surface area contributed by atoms with Crippen LogP contribution in [0.4, 0.5) is 20.9 Å². The van der Waals surface area contributed by atoms with Crippen LogP contribution in [0.2, 0.25) is 0 Å². The van der Waals surface area contributed by atoms with Gasteiger partial charge in [0, 0.05) is 99.7 Å². The molecule has 21 heteroatoms. The van der Waals surface area contributed by atoms with Gasteiger partial charge in [-0.25, -0.2) is 9.18 Å². The number of aromatic nitrogens is 2. The number of hydrogen-bond acceptors (Lipinski definition) is 13. The predicted octanol–water partition coefficient (Wildman–Crippen LogP) is 4.59. The number of imide groups is 1. The molecule has 74 heavy (non-hydrogen) atoms. The SMILES string of the molecule is CC(C)[C@H](NC(=O)CCCCCN1C(=O)C=CC1=O)C(=O)N[C@@H](CCCNC(N)=O)C(=O)NCC(C)(C)OCC(C)(C)OCCn1c2c(c3ccc(F)cc31)CN(c1ccc3oc(N4CCOCC4)nc3c1)CC2. The zero-order valence-electron chi connectivity index (χ0n) is 43.6. The molecule has 2 aromatic carbocycles. The van der Waals surface area contributed by atoms with Crippen molar-refractivity contribution in [3.8, 4) is 0 Å². The molecule has 0 unspecified atom stereocenters. The first-order valence-corrected chi connectivity index (χ1v) is 25.8. The number of halogens is 1. The summed E-state index contributed by atoms with van der Waals surface area (Å²) in [5.41, 5.74) is 9.29. The van der Waals surface area contributed by atoms with Crippen LogP contribution in [0.5, 0.6) is 0 Å². The number of oxazole rings is 1. The minimum atomic E-state index is -1.01. The van der Waals surface area contributed by atoms with Gasteiger partial charge >= 0.3 is 6.03 Å². The van der Waals surface area contributed by atoms with E-state index in [1.807, 2.05) is 39.8 Å². The Morgan fingerprint density at radius 3 is 2.34 bits per heavy atom. The molecular weight excluding hydrogens is 956 g/mol. The smallest absolute Gasteiger partial charge is 0.312 e. The zero-order valence-corrected chi connectivity index (χ0v) is 43.6. The van der Waals surface area contributed by atoms with E-state index in [0.29, 0.717) is 64.6 Å². The lowest BCUT2D eigenvalue weighted by Gasteiger charge is -2.33. The summed E-state index contributed by atoms with van der Waals surface area (Å²) in [5, 5.41) is 12.0. The topological polar surface area (TPSA) is 245 Å². The number of carbonyl (C=O) groups excluding carboxylic acids is 6. The molecule has 2 atom stereocenters. The zero-order chi connectivity index (χ0) is 53.2. The molecule has 20 nitrogen and oxygen atoms in total. The van der Waals surface area contributed by atoms with Crippen LogP contribution in [0.3, 0.4) is 0 Å². The molecule has 0 saturated carbocycles. The Morgan fingerprint density at radius 2 is 1.61 bits per heavy atom. The average molecular weight is 1030 g/mol. The van der Waals surface area contributed by atoms with E-state index >= 15 is 0 Å². The maximum absolute atomic E-state index is 14.9. The molecule has 7 rings (SSSR count). The van der Waals surface area contributed by atoms with Gasteiger partial charge in [0.15, 0.2) is 5.58 Å². The summed E-state index contributed by atoms with van der Waals surface area (Å²) in [6, 6.07) is 8.99. The number of carbonyl (C=O) groups is 6. The molecule has 0 bridgehead atoms. The fraction of sp³-hybridized carbons (Fsp3) is 0.566. The Morgan fingerprint density at radius 1 is 0.851 bits per heavy atom. The molecule has 0 spiro atoms. The fourth-order valence-electron chi connectivity index (χ4n) is 9.40. The van der Waals surface area contributed by atoms with E-state index in [1.165, 1.54) is 18.2 Å². The lowest BCUT2D eigenvalue weighted by atomic mass is 10.0. The Kier molecular flexibility index (Phi) is 18.4. The van der Waals surface area contributed by atoms with Gasteiger partial charge in [0.1, 0.15) is 23.4 Å². The van der Waals surface area contributed by atoms with Crippen molar-refractivity contribution in [2.75, 3.05) is 75.5 Å². The second-order valence-corrected chi connectivity index (χ2v) is 20.8. The van der Waals surface area contributed by atoms with E-state index in [2.05, 4.69) is 47.8 Å². The van der Waals surface area contributed by atoms with Crippen LogP contribution < -0.4 is 36.8 Å². The van der Waals surface area contributed by atoms with Gasteiger partial charge in [-0.15, -0.1) is 0 Å². The Hall–Kier alpha value is -6.58.